The first kappa shape index (κ1) is 19.3. The van der Waals surface area contributed by atoms with Crippen LogP contribution in [-0.4, -0.2) is 44.3 Å². The molecule has 1 amide bonds. The molecule has 146 valence electrons. The van der Waals surface area contributed by atoms with Crippen LogP contribution in [0.25, 0.3) is 0 Å². The summed E-state index contributed by atoms with van der Waals surface area (Å²) in [6, 6.07) is 5.56. The predicted molar refractivity (Wildman–Crippen MR) is 98.7 cm³/mol. The number of ether oxygens (including phenoxy) is 1. The zero-order chi connectivity index (χ0) is 19.6. The lowest BCUT2D eigenvalue weighted by molar-refractivity contribution is -0.155. The molecule has 1 saturated carbocycles. The Morgan fingerprint density at radius 3 is 2.59 bits per heavy atom. The number of nitrogens with one attached hydrogen (secondary N) is 2. The van der Waals surface area contributed by atoms with E-state index in [1.807, 2.05) is 0 Å². The number of carbonyl (C=O) groups is 2. The van der Waals surface area contributed by atoms with Crippen LogP contribution in [0, 0.1) is 0 Å². The maximum Gasteiger partial charge on any atom is 0.331 e. The highest BCUT2D eigenvalue weighted by Gasteiger charge is 2.32. The van der Waals surface area contributed by atoms with Gasteiger partial charge in [-0.25, -0.2) is 13.2 Å². The lowest BCUT2D eigenvalue weighted by Crippen LogP contribution is -2.41. The number of amides is 1. The number of hydrogen-bond donors (Lipinski definition) is 2. The second-order valence-electron chi connectivity index (χ2n) is 6.82. The fourth-order valence-electron chi connectivity index (χ4n) is 3.19. The summed E-state index contributed by atoms with van der Waals surface area (Å²) in [5, 5.41) is 2.88. The van der Waals surface area contributed by atoms with Crippen molar-refractivity contribution in [2.75, 3.05) is 0 Å². The lowest BCUT2D eigenvalue weighted by atomic mass is 10.2. The average molecular weight is 393 g/mol. The van der Waals surface area contributed by atoms with Gasteiger partial charge in [0.15, 0.2) is 6.10 Å². The smallest absolute Gasteiger partial charge is 0.331 e. The Labute approximate surface area is 158 Å². The minimum Gasteiger partial charge on any atom is -0.451 e. The van der Waals surface area contributed by atoms with E-state index < -0.39 is 28.1 Å². The summed E-state index contributed by atoms with van der Waals surface area (Å²) >= 11 is 0. The van der Waals surface area contributed by atoms with E-state index in [9.17, 15) is 18.0 Å². The Hall–Kier alpha value is -2.42. The van der Waals surface area contributed by atoms with Gasteiger partial charge in [-0.15, -0.1) is 0 Å². The summed E-state index contributed by atoms with van der Waals surface area (Å²) in [6.07, 6.45) is 3.12. The Kier molecular flexibility index (Phi) is 5.50. The number of esters is 1. The van der Waals surface area contributed by atoms with Gasteiger partial charge in [-0.3, -0.25) is 14.5 Å². The van der Waals surface area contributed by atoms with Crippen LogP contribution in [0.1, 0.15) is 45.1 Å². The maximum atomic E-state index is 12.3. The summed E-state index contributed by atoms with van der Waals surface area (Å²) in [4.78, 5) is 28.7. The molecule has 0 radical (unpaired) electrons. The number of amidine groups is 1. The summed E-state index contributed by atoms with van der Waals surface area (Å²) in [7, 11) is -3.67. The first-order valence-electron chi connectivity index (χ1n) is 8.99. The molecule has 1 heterocycles. The first-order valence-corrected chi connectivity index (χ1v) is 10.5. The monoisotopic (exact) mass is 393 g/mol. The molecule has 3 rings (SSSR count). The van der Waals surface area contributed by atoms with E-state index in [0.717, 1.165) is 25.7 Å². The molecule has 0 unspecified atom stereocenters. The van der Waals surface area contributed by atoms with E-state index in [0.29, 0.717) is 5.56 Å². The second kappa shape index (κ2) is 7.67. The van der Waals surface area contributed by atoms with Crippen LogP contribution in [0.5, 0.6) is 0 Å². The third-order valence-corrected chi connectivity index (χ3v) is 6.09. The van der Waals surface area contributed by atoms with E-state index in [1.54, 1.807) is 18.2 Å². The van der Waals surface area contributed by atoms with Gasteiger partial charge in [-0.1, -0.05) is 25.0 Å². The van der Waals surface area contributed by atoms with Gasteiger partial charge in [-0.2, -0.15) is 0 Å². The number of hydrogen-bond acceptors (Lipinski definition) is 6. The fourth-order valence-corrected chi connectivity index (χ4v) is 4.43. The van der Waals surface area contributed by atoms with Gasteiger partial charge in [0, 0.05) is 11.6 Å². The molecule has 0 bridgehead atoms. The first-order chi connectivity index (χ1) is 12.8. The van der Waals surface area contributed by atoms with Crippen molar-refractivity contribution in [3.05, 3.63) is 29.8 Å². The highest BCUT2D eigenvalue weighted by atomic mass is 32.2. The standard InChI is InChI=1S/C18H23N3O5S/c1-11(18(23)26-12(2)17(22)20-13-7-3-4-8-13)19-16-14-9-5-6-10-15(14)27(24,25)21-16/h5-6,9-13H,3-4,7-8H2,1-2H3,(H,19,21)(H,20,22)/t11-,12-/m0/s1. The molecule has 1 aromatic carbocycles. The van der Waals surface area contributed by atoms with E-state index in [4.69, 9.17) is 4.74 Å². The van der Waals surface area contributed by atoms with Crippen molar-refractivity contribution in [3.8, 4) is 0 Å². The molecule has 1 fully saturated rings. The molecule has 0 aromatic heterocycles. The largest absolute Gasteiger partial charge is 0.451 e. The minimum atomic E-state index is -3.67. The number of benzene rings is 1. The van der Waals surface area contributed by atoms with Crippen LogP contribution >= 0.6 is 0 Å². The lowest BCUT2D eigenvalue weighted by Gasteiger charge is -2.18. The molecule has 2 atom stereocenters. The van der Waals surface area contributed by atoms with E-state index in [-0.39, 0.29) is 22.7 Å². The normalized spacial score (nSPS) is 21.9. The van der Waals surface area contributed by atoms with E-state index >= 15 is 0 Å². The summed E-state index contributed by atoms with van der Waals surface area (Å²) in [5.74, 6) is -0.930. The molecule has 1 aliphatic carbocycles. The van der Waals surface area contributed by atoms with Gasteiger partial charge in [0.25, 0.3) is 15.9 Å². The molecule has 9 heteroatoms. The fraction of sp³-hybridized carbons (Fsp3) is 0.500. The molecule has 1 aliphatic heterocycles. The molecule has 1 aromatic rings. The molecule has 2 aliphatic rings. The SMILES string of the molecule is C[C@H](N=C1NS(=O)(=O)c2ccccc21)C(=O)O[C@@H](C)C(=O)NC1CCCC1. The number of aliphatic imine (C=N–C) groups is 1. The number of fused-ring (bicyclic) bond motifs is 1. The predicted octanol–water partition coefficient (Wildman–Crippen LogP) is 1.10. The summed E-state index contributed by atoms with van der Waals surface area (Å²) in [6.45, 7) is 3.00. The van der Waals surface area contributed by atoms with Crippen molar-refractivity contribution in [1.82, 2.24) is 10.0 Å². The quantitative estimate of drug-likeness (QED) is 0.727. The third-order valence-electron chi connectivity index (χ3n) is 4.69. The van der Waals surface area contributed by atoms with Crippen LogP contribution in [0.15, 0.2) is 34.2 Å². The van der Waals surface area contributed by atoms with Crippen LogP contribution in [0.2, 0.25) is 0 Å². The highest BCUT2D eigenvalue weighted by Crippen LogP contribution is 2.22. The average Bonchev–Trinajstić information content (AvgIpc) is 3.21. The van der Waals surface area contributed by atoms with Crippen molar-refractivity contribution in [3.63, 3.8) is 0 Å². The topological polar surface area (TPSA) is 114 Å². The Bertz CT molecular complexity index is 875. The summed E-state index contributed by atoms with van der Waals surface area (Å²) < 4.78 is 31.7. The third kappa shape index (κ3) is 4.29. The molecular weight excluding hydrogens is 370 g/mol. The van der Waals surface area contributed by atoms with Crippen LogP contribution < -0.4 is 10.0 Å². The maximum absolute atomic E-state index is 12.3. The van der Waals surface area contributed by atoms with Gasteiger partial charge >= 0.3 is 5.97 Å². The number of carbonyl (C=O) groups excluding carboxylic acids is 2. The van der Waals surface area contributed by atoms with E-state index in [1.165, 1.54) is 19.9 Å². The van der Waals surface area contributed by atoms with Crippen molar-refractivity contribution in [2.24, 2.45) is 4.99 Å². The van der Waals surface area contributed by atoms with Gasteiger partial charge in [0.2, 0.25) is 0 Å². The van der Waals surface area contributed by atoms with E-state index in [2.05, 4.69) is 15.0 Å². The number of nitrogens with zero attached hydrogens (tertiary/aromatic N) is 1. The van der Waals surface area contributed by atoms with Crippen LogP contribution in [-0.2, 0) is 24.3 Å². The minimum absolute atomic E-state index is 0.0955. The Morgan fingerprint density at radius 1 is 1.22 bits per heavy atom. The van der Waals surface area contributed by atoms with Crippen LogP contribution in [0.3, 0.4) is 0 Å². The van der Waals surface area contributed by atoms with Crippen molar-refractivity contribution < 1.29 is 22.7 Å². The molecule has 0 saturated heterocycles. The van der Waals surface area contributed by atoms with Crippen molar-refractivity contribution in [1.29, 1.82) is 0 Å². The van der Waals surface area contributed by atoms with Gasteiger partial charge in [-0.05, 0) is 38.8 Å². The van der Waals surface area contributed by atoms with Crippen LogP contribution in [0.4, 0.5) is 0 Å². The van der Waals surface area contributed by atoms with Gasteiger partial charge in [0.05, 0.1) is 4.90 Å². The number of rotatable bonds is 5. The highest BCUT2D eigenvalue weighted by molar-refractivity contribution is 7.90. The zero-order valence-electron chi connectivity index (χ0n) is 15.3. The van der Waals surface area contributed by atoms with Crippen molar-refractivity contribution in [2.45, 2.75) is 62.6 Å². The molecule has 0 spiro atoms. The Morgan fingerprint density at radius 2 is 1.89 bits per heavy atom. The molecule has 27 heavy (non-hydrogen) atoms. The molecule has 2 N–H and O–H groups in total. The van der Waals surface area contributed by atoms with Gasteiger partial charge in [0.1, 0.15) is 11.9 Å². The molecule has 8 nitrogen and oxygen atoms in total. The van der Waals surface area contributed by atoms with Gasteiger partial charge < -0.3 is 10.1 Å². The molecular formula is C18H23N3O5S. The second-order valence-corrected chi connectivity index (χ2v) is 8.48. The number of sulfonamides is 1. The zero-order valence-corrected chi connectivity index (χ0v) is 16.1. The summed E-state index contributed by atoms with van der Waals surface area (Å²) in [5.41, 5.74) is 0.407. The Balaban J connectivity index is 1.64. The van der Waals surface area contributed by atoms with Crippen molar-refractivity contribution >= 4 is 27.7 Å².